The van der Waals surface area contributed by atoms with Gasteiger partial charge in [0.15, 0.2) is 5.82 Å². The molecule has 1 saturated carbocycles. The molecule has 160 valence electrons. The van der Waals surface area contributed by atoms with Crippen molar-refractivity contribution in [3.63, 3.8) is 0 Å². The Bertz CT molecular complexity index is 1160. The molecule has 1 aliphatic carbocycles. The smallest absolute Gasteiger partial charge is 0.249 e. The fraction of sp³-hybridized carbons (Fsp3) is 0.364. The summed E-state index contributed by atoms with van der Waals surface area (Å²) in [5.41, 5.74) is 0.808. The van der Waals surface area contributed by atoms with Gasteiger partial charge in [-0.15, -0.1) is 0 Å². The molecule has 0 saturated heterocycles. The Kier molecular flexibility index (Phi) is 4.68. The van der Waals surface area contributed by atoms with Crippen LogP contribution in [0.5, 0.6) is 0 Å². The summed E-state index contributed by atoms with van der Waals surface area (Å²) < 4.78 is 29.4. The minimum atomic E-state index is -0.710. The zero-order valence-electron chi connectivity index (χ0n) is 17.3. The molecule has 1 aromatic carbocycles. The van der Waals surface area contributed by atoms with Crippen LogP contribution in [0.3, 0.4) is 0 Å². The number of fused-ring (bicyclic) bond motifs is 1. The molecule has 31 heavy (non-hydrogen) atoms. The predicted molar refractivity (Wildman–Crippen MR) is 112 cm³/mol. The Morgan fingerprint density at radius 2 is 2.00 bits per heavy atom. The van der Waals surface area contributed by atoms with Crippen LogP contribution in [0.15, 0.2) is 36.8 Å². The second kappa shape index (κ2) is 7.40. The molecule has 1 aliphatic heterocycles. The summed E-state index contributed by atoms with van der Waals surface area (Å²) in [6, 6.07) is 3.36. The van der Waals surface area contributed by atoms with Gasteiger partial charge < -0.3 is 9.80 Å². The molecule has 2 aliphatic rings. The topological polar surface area (TPSA) is 67.2 Å². The summed E-state index contributed by atoms with van der Waals surface area (Å²) in [6.45, 7) is 2.00. The molecule has 0 radical (unpaired) electrons. The van der Waals surface area contributed by atoms with Gasteiger partial charge in [-0.25, -0.2) is 18.7 Å². The first kappa shape index (κ1) is 19.6. The van der Waals surface area contributed by atoms with Crippen LogP contribution in [0.4, 0.5) is 20.3 Å². The summed E-state index contributed by atoms with van der Waals surface area (Å²) in [5, 5.41) is 0. The molecule has 0 bridgehead atoms. The van der Waals surface area contributed by atoms with Crippen molar-refractivity contribution >= 4 is 17.4 Å². The van der Waals surface area contributed by atoms with Gasteiger partial charge in [0, 0.05) is 31.5 Å². The van der Waals surface area contributed by atoms with Crippen LogP contribution in [0.2, 0.25) is 0 Å². The lowest BCUT2D eigenvalue weighted by Crippen LogP contribution is -2.57. The number of carbonyl (C=O) groups excluding carboxylic acids is 1. The van der Waals surface area contributed by atoms with Gasteiger partial charge in [0.1, 0.15) is 29.2 Å². The molecule has 2 aromatic heterocycles. The SMILES string of the molecule is CCC1C(=O)N(C)c2cnc(-n3ccnc3-c3ccc(F)cc3F)nc2N1C1CCC1. The first-order valence-corrected chi connectivity index (χ1v) is 10.4. The zero-order valence-corrected chi connectivity index (χ0v) is 17.3. The number of halogens is 2. The van der Waals surface area contributed by atoms with E-state index < -0.39 is 11.6 Å². The fourth-order valence-electron chi connectivity index (χ4n) is 4.31. The Morgan fingerprint density at radius 1 is 1.19 bits per heavy atom. The van der Waals surface area contributed by atoms with Gasteiger partial charge in [0.25, 0.3) is 0 Å². The van der Waals surface area contributed by atoms with Crippen LogP contribution >= 0.6 is 0 Å². The summed E-state index contributed by atoms with van der Waals surface area (Å²) >= 11 is 0. The van der Waals surface area contributed by atoms with E-state index in [0.29, 0.717) is 23.9 Å². The van der Waals surface area contributed by atoms with E-state index in [2.05, 4.69) is 14.9 Å². The Hall–Kier alpha value is -3.36. The van der Waals surface area contributed by atoms with Crippen molar-refractivity contribution in [2.45, 2.75) is 44.7 Å². The van der Waals surface area contributed by atoms with E-state index in [1.165, 1.54) is 18.3 Å². The highest BCUT2D eigenvalue weighted by atomic mass is 19.1. The molecule has 7 nitrogen and oxygen atoms in total. The summed E-state index contributed by atoms with van der Waals surface area (Å²) in [4.78, 5) is 30.2. The maximum atomic E-state index is 14.4. The summed E-state index contributed by atoms with van der Waals surface area (Å²) in [5.74, 6) is -0.0358. The van der Waals surface area contributed by atoms with Gasteiger partial charge in [-0.2, -0.15) is 4.98 Å². The monoisotopic (exact) mass is 424 g/mol. The molecule has 5 rings (SSSR count). The third kappa shape index (κ3) is 3.07. The van der Waals surface area contributed by atoms with Crippen molar-refractivity contribution in [3.05, 3.63) is 48.4 Å². The van der Waals surface area contributed by atoms with Gasteiger partial charge in [-0.1, -0.05) is 6.92 Å². The lowest BCUT2D eigenvalue weighted by molar-refractivity contribution is -0.120. The Labute approximate surface area is 178 Å². The molecule has 1 unspecified atom stereocenters. The number of amides is 1. The number of rotatable bonds is 4. The number of nitrogens with zero attached hydrogens (tertiary/aromatic N) is 6. The van der Waals surface area contributed by atoms with E-state index in [4.69, 9.17) is 4.98 Å². The maximum absolute atomic E-state index is 14.4. The molecule has 0 spiro atoms. The van der Waals surface area contributed by atoms with E-state index >= 15 is 0 Å². The van der Waals surface area contributed by atoms with Crippen molar-refractivity contribution in [1.29, 1.82) is 0 Å². The number of aromatic nitrogens is 4. The quantitative estimate of drug-likeness (QED) is 0.639. The highest BCUT2D eigenvalue weighted by molar-refractivity contribution is 6.04. The summed E-state index contributed by atoms with van der Waals surface area (Å²) in [7, 11) is 1.74. The average Bonchev–Trinajstić information content (AvgIpc) is 3.20. The van der Waals surface area contributed by atoms with Crippen LogP contribution in [0.1, 0.15) is 32.6 Å². The van der Waals surface area contributed by atoms with Crippen LogP contribution in [0.25, 0.3) is 17.3 Å². The number of anilines is 2. The molecule has 3 aromatic rings. The highest BCUT2D eigenvalue weighted by Gasteiger charge is 2.42. The third-order valence-corrected chi connectivity index (χ3v) is 6.18. The van der Waals surface area contributed by atoms with E-state index in [-0.39, 0.29) is 29.4 Å². The van der Waals surface area contributed by atoms with Crippen molar-refractivity contribution < 1.29 is 13.6 Å². The fourth-order valence-corrected chi connectivity index (χ4v) is 4.31. The van der Waals surface area contributed by atoms with Crippen LogP contribution < -0.4 is 9.80 Å². The number of carbonyl (C=O) groups is 1. The molecule has 3 heterocycles. The zero-order chi connectivity index (χ0) is 21.7. The molecular weight excluding hydrogens is 402 g/mol. The van der Waals surface area contributed by atoms with Gasteiger partial charge in [-0.3, -0.25) is 9.36 Å². The molecule has 0 N–H and O–H groups in total. The summed E-state index contributed by atoms with van der Waals surface area (Å²) in [6.07, 6.45) is 8.63. The molecular formula is C22H22F2N6O. The number of hydrogen-bond donors (Lipinski definition) is 0. The first-order chi connectivity index (χ1) is 15.0. The van der Waals surface area contributed by atoms with Crippen molar-refractivity contribution in [2.24, 2.45) is 0 Å². The first-order valence-electron chi connectivity index (χ1n) is 10.4. The average molecular weight is 424 g/mol. The van der Waals surface area contributed by atoms with Gasteiger partial charge >= 0.3 is 0 Å². The highest BCUT2D eigenvalue weighted by Crippen LogP contribution is 2.40. The minimum Gasteiger partial charge on any atom is -0.340 e. The van der Waals surface area contributed by atoms with E-state index in [9.17, 15) is 13.6 Å². The molecule has 1 atom stereocenters. The van der Waals surface area contributed by atoms with Gasteiger partial charge in [-0.05, 0) is 37.8 Å². The standard InChI is InChI=1S/C22H22F2N6O/c1-3-17-21(31)28(2)18-12-26-22(27-20(18)30(17)14-5-4-6-14)29-10-9-25-19(29)15-8-7-13(23)11-16(15)24/h7-12,14,17H,3-6H2,1-2H3. The molecule has 1 amide bonds. The number of likely N-dealkylation sites (N-methyl/N-ethyl adjacent to an activating group) is 1. The van der Waals surface area contributed by atoms with Crippen LogP contribution in [0, 0.1) is 11.6 Å². The van der Waals surface area contributed by atoms with E-state index in [1.807, 2.05) is 6.92 Å². The van der Waals surface area contributed by atoms with Gasteiger partial charge in [0.2, 0.25) is 11.9 Å². The lowest BCUT2D eigenvalue weighted by Gasteiger charge is -2.47. The molecule has 1 fully saturated rings. The number of benzene rings is 1. The normalized spacial score (nSPS) is 18.8. The van der Waals surface area contributed by atoms with E-state index in [1.54, 1.807) is 28.9 Å². The lowest BCUT2D eigenvalue weighted by atomic mass is 9.88. The largest absolute Gasteiger partial charge is 0.340 e. The minimum absolute atomic E-state index is 0.0370. The van der Waals surface area contributed by atoms with Crippen LogP contribution in [-0.4, -0.2) is 44.6 Å². The Morgan fingerprint density at radius 3 is 2.68 bits per heavy atom. The van der Waals surface area contributed by atoms with Crippen molar-refractivity contribution in [2.75, 3.05) is 16.8 Å². The number of imidazole rings is 1. The third-order valence-electron chi connectivity index (χ3n) is 6.18. The number of hydrogen-bond acceptors (Lipinski definition) is 5. The van der Waals surface area contributed by atoms with Crippen molar-refractivity contribution in [1.82, 2.24) is 19.5 Å². The van der Waals surface area contributed by atoms with E-state index in [0.717, 1.165) is 25.3 Å². The van der Waals surface area contributed by atoms with Gasteiger partial charge in [0.05, 0.1) is 11.8 Å². The predicted octanol–water partition coefficient (Wildman–Crippen LogP) is 3.72. The van der Waals surface area contributed by atoms with Crippen LogP contribution in [-0.2, 0) is 4.79 Å². The molecule has 9 heteroatoms. The second-order valence-corrected chi connectivity index (χ2v) is 7.94. The Balaban J connectivity index is 1.63. The van der Waals surface area contributed by atoms with Crippen molar-refractivity contribution in [3.8, 4) is 17.3 Å². The second-order valence-electron chi connectivity index (χ2n) is 7.94. The maximum Gasteiger partial charge on any atom is 0.249 e.